The number of carbonyl (C=O) groups is 2. The summed E-state index contributed by atoms with van der Waals surface area (Å²) in [5, 5.41) is 10.6. The van der Waals surface area contributed by atoms with Crippen molar-refractivity contribution in [2.24, 2.45) is 0 Å². The second-order valence-corrected chi connectivity index (χ2v) is 7.39. The minimum atomic E-state index is -0.877. The molecular weight excluding hydrogens is 403 g/mol. The minimum absolute atomic E-state index is 0.0691. The fourth-order valence-corrected chi connectivity index (χ4v) is 3.87. The van der Waals surface area contributed by atoms with Gasteiger partial charge in [0.15, 0.2) is 11.5 Å². The molecule has 2 aliphatic heterocycles. The lowest BCUT2D eigenvalue weighted by atomic mass is 9.95. The van der Waals surface area contributed by atoms with Gasteiger partial charge in [-0.15, -0.1) is 0 Å². The molecule has 8 heteroatoms. The fraction of sp³-hybridized carbons (Fsp3) is 0.304. The number of allylic oxidation sites excluding steroid dienone is 1. The number of carbonyl (C=O) groups excluding carboxylic acids is 2. The molecule has 1 aromatic heterocycles. The molecule has 7 nitrogen and oxygen atoms in total. The Balaban J connectivity index is 1.62. The molecule has 4 rings (SSSR count). The van der Waals surface area contributed by atoms with Crippen LogP contribution in [0.1, 0.15) is 17.4 Å². The van der Waals surface area contributed by atoms with E-state index in [1.165, 1.54) is 41.5 Å². The van der Waals surface area contributed by atoms with Crippen molar-refractivity contribution in [3.8, 4) is 0 Å². The van der Waals surface area contributed by atoms with Crippen molar-refractivity contribution >= 4 is 17.8 Å². The van der Waals surface area contributed by atoms with Gasteiger partial charge in [0.05, 0.1) is 31.1 Å². The van der Waals surface area contributed by atoms with Gasteiger partial charge in [-0.1, -0.05) is 12.1 Å². The summed E-state index contributed by atoms with van der Waals surface area (Å²) in [5.74, 6) is -1.81. The Morgan fingerprint density at radius 2 is 2.00 bits per heavy atom. The zero-order valence-corrected chi connectivity index (χ0v) is 16.9. The summed E-state index contributed by atoms with van der Waals surface area (Å²) < 4.78 is 24.5. The van der Waals surface area contributed by atoms with Crippen molar-refractivity contribution in [3.63, 3.8) is 0 Å². The van der Waals surface area contributed by atoms with E-state index in [2.05, 4.69) is 4.90 Å². The molecule has 0 aliphatic carbocycles. The number of ketones is 1. The number of morpholine rings is 1. The third-order valence-corrected chi connectivity index (χ3v) is 5.44. The molecule has 1 atom stereocenters. The maximum Gasteiger partial charge on any atom is 0.290 e. The number of ether oxygens (including phenoxy) is 1. The van der Waals surface area contributed by atoms with E-state index in [0.717, 1.165) is 13.1 Å². The standard InChI is InChI=1S/C23H23FN2O5/c24-17-4-1-3-16(15-17)21-20(19(27)7-6-18-5-2-12-31-18)22(28)23(29)26(21)9-8-25-10-13-30-14-11-25/h1-7,12,15,21,28H,8-11,13-14H2/b7-6+/t21-/m1/s1. The Hall–Kier alpha value is -3.23. The zero-order valence-electron chi connectivity index (χ0n) is 16.9. The molecule has 2 aromatic rings. The summed E-state index contributed by atoms with van der Waals surface area (Å²) in [5.41, 5.74) is 0.356. The molecule has 1 fully saturated rings. The molecule has 162 valence electrons. The number of nitrogens with zero attached hydrogens (tertiary/aromatic N) is 2. The second kappa shape index (κ2) is 9.28. The summed E-state index contributed by atoms with van der Waals surface area (Å²) in [7, 11) is 0. The Bertz CT molecular complexity index is 1010. The van der Waals surface area contributed by atoms with Gasteiger partial charge in [-0.3, -0.25) is 14.5 Å². The molecule has 1 amide bonds. The van der Waals surface area contributed by atoms with Gasteiger partial charge in [0.1, 0.15) is 11.6 Å². The Morgan fingerprint density at radius 1 is 1.19 bits per heavy atom. The number of hydrogen-bond donors (Lipinski definition) is 1. The van der Waals surface area contributed by atoms with Gasteiger partial charge < -0.3 is 19.2 Å². The number of aliphatic hydroxyl groups excluding tert-OH is 1. The smallest absolute Gasteiger partial charge is 0.290 e. The summed E-state index contributed by atoms with van der Waals surface area (Å²) in [4.78, 5) is 29.4. The molecular formula is C23H23FN2O5. The SMILES string of the molecule is O=C(/C=C/c1ccco1)C1=C(O)C(=O)N(CCN2CCOCC2)[C@@H]1c1cccc(F)c1. The maximum atomic E-state index is 14.0. The van der Waals surface area contributed by atoms with Crippen molar-refractivity contribution in [2.75, 3.05) is 39.4 Å². The van der Waals surface area contributed by atoms with Crippen LogP contribution in [-0.2, 0) is 14.3 Å². The van der Waals surface area contributed by atoms with Gasteiger partial charge >= 0.3 is 0 Å². The van der Waals surface area contributed by atoms with Gasteiger partial charge in [0.2, 0.25) is 0 Å². The van der Waals surface area contributed by atoms with Crippen molar-refractivity contribution < 1.29 is 28.2 Å². The first kappa shape index (κ1) is 21.0. The number of hydrogen-bond acceptors (Lipinski definition) is 6. The van der Waals surface area contributed by atoms with E-state index in [1.54, 1.807) is 18.2 Å². The van der Waals surface area contributed by atoms with E-state index in [4.69, 9.17) is 9.15 Å². The van der Waals surface area contributed by atoms with Crippen LogP contribution in [0.3, 0.4) is 0 Å². The van der Waals surface area contributed by atoms with Crippen molar-refractivity contribution in [1.29, 1.82) is 0 Å². The molecule has 0 bridgehead atoms. The molecule has 31 heavy (non-hydrogen) atoms. The van der Waals surface area contributed by atoms with Crippen molar-refractivity contribution in [2.45, 2.75) is 6.04 Å². The quantitative estimate of drug-likeness (QED) is 0.686. The predicted octanol–water partition coefficient (Wildman–Crippen LogP) is 2.73. The van der Waals surface area contributed by atoms with E-state index in [9.17, 15) is 19.1 Å². The highest BCUT2D eigenvalue weighted by atomic mass is 19.1. The highest BCUT2D eigenvalue weighted by Crippen LogP contribution is 2.38. The predicted molar refractivity (Wildman–Crippen MR) is 111 cm³/mol. The zero-order chi connectivity index (χ0) is 21.8. The Morgan fingerprint density at radius 3 is 2.71 bits per heavy atom. The van der Waals surface area contributed by atoms with Gasteiger partial charge in [-0.25, -0.2) is 4.39 Å². The molecule has 1 saturated heterocycles. The van der Waals surface area contributed by atoms with Gasteiger partial charge in [0, 0.05) is 26.2 Å². The number of rotatable bonds is 7. The second-order valence-electron chi connectivity index (χ2n) is 7.39. The van der Waals surface area contributed by atoms with Gasteiger partial charge in [-0.2, -0.15) is 0 Å². The van der Waals surface area contributed by atoms with Crippen molar-refractivity contribution in [1.82, 2.24) is 9.80 Å². The van der Waals surface area contributed by atoms with Crippen molar-refractivity contribution in [3.05, 3.63) is 77.2 Å². The van der Waals surface area contributed by atoms with E-state index in [0.29, 0.717) is 31.1 Å². The molecule has 0 unspecified atom stereocenters. The molecule has 0 saturated carbocycles. The van der Waals surface area contributed by atoms with Crippen LogP contribution in [0.4, 0.5) is 4.39 Å². The molecule has 3 heterocycles. The summed E-state index contributed by atoms with van der Waals surface area (Å²) in [6, 6.07) is 8.22. The Kier molecular flexibility index (Phi) is 6.29. The molecule has 1 N–H and O–H groups in total. The third-order valence-electron chi connectivity index (χ3n) is 5.44. The molecule has 1 aromatic carbocycles. The van der Waals surface area contributed by atoms with Gasteiger partial charge in [-0.05, 0) is 42.0 Å². The molecule has 0 radical (unpaired) electrons. The number of halogens is 1. The first-order chi connectivity index (χ1) is 15.0. The normalized spacial score (nSPS) is 20.2. The first-order valence-electron chi connectivity index (χ1n) is 10.1. The van der Waals surface area contributed by atoms with Crippen LogP contribution < -0.4 is 0 Å². The van der Waals surface area contributed by atoms with Crippen LogP contribution in [0.25, 0.3) is 6.08 Å². The van der Waals surface area contributed by atoms with E-state index in [-0.39, 0.29) is 12.1 Å². The van der Waals surface area contributed by atoms with Crippen LogP contribution in [0.2, 0.25) is 0 Å². The monoisotopic (exact) mass is 426 g/mol. The van der Waals surface area contributed by atoms with E-state index in [1.807, 2.05) is 0 Å². The van der Waals surface area contributed by atoms with Crippen LogP contribution in [-0.4, -0.2) is 66.0 Å². The summed E-state index contributed by atoms with van der Waals surface area (Å²) >= 11 is 0. The maximum absolute atomic E-state index is 14.0. The van der Waals surface area contributed by atoms with Gasteiger partial charge in [0.25, 0.3) is 5.91 Å². The average molecular weight is 426 g/mol. The highest BCUT2D eigenvalue weighted by molar-refractivity contribution is 6.14. The van der Waals surface area contributed by atoms with Crippen LogP contribution in [0.5, 0.6) is 0 Å². The third kappa shape index (κ3) is 4.60. The topological polar surface area (TPSA) is 83.2 Å². The van der Waals surface area contributed by atoms with Crippen LogP contribution >= 0.6 is 0 Å². The lowest BCUT2D eigenvalue weighted by molar-refractivity contribution is -0.129. The highest BCUT2D eigenvalue weighted by Gasteiger charge is 2.43. The number of benzene rings is 1. The average Bonchev–Trinajstić information content (AvgIpc) is 3.38. The summed E-state index contributed by atoms with van der Waals surface area (Å²) in [6.45, 7) is 3.55. The lowest BCUT2D eigenvalue weighted by Crippen LogP contribution is -2.43. The minimum Gasteiger partial charge on any atom is -0.503 e. The van der Waals surface area contributed by atoms with E-state index < -0.39 is 29.3 Å². The number of furan rings is 1. The Labute approximate surface area is 179 Å². The molecule has 0 spiro atoms. The fourth-order valence-electron chi connectivity index (χ4n) is 3.87. The number of amides is 1. The molecule has 2 aliphatic rings. The lowest BCUT2D eigenvalue weighted by Gasteiger charge is -2.31. The number of aliphatic hydroxyl groups is 1. The van der Waals surface area contributed by atoms with Crippen LogP contribution in [0.15, 0.2) is 64.5 Å². The first-order valence-corrected chi connectivity index (χ1v) is 10.1. The summed E-state index contributed by atoms with van der Waals surface area (Å²) in [6.07, 6.45) is 4.18. The largest absolute Gasteiger partial charge is 0.503 e. The van der Waals surface area contributed by atoms with Crippen LogP contribution in [0, 0.1) is 5.82 Å². The van der Waals surface area contributed by atoms with E-state index >= 15 is 0 Å².